The van der Waals surface area contributed by atoms with Gasteiger partial charge in [-0.15, -0.1) is 0 Å². The van der Waals surface area contributed by atoms with Gasteiger partial charge in [0.2, 0.25) is 5.91 Å². The number of likely N-dealkylation sites (N-methyl/N-ethyl adjacent to an activating group) is 1. The summed E-state index contributed by atoms with van der Waals surface area (Å²) in [5, 5.41) is 0. The van der Waals surface area contributed by atoms with Crippen molar-refractivity contribution in [1.29, 1.82) is 0 Å². The van der Waals surface area contributed by atoms with E-state index in [1.165, 1.54) is 34.4 Å². The smallest absolute Gasteiger partial charge is 0.282 e. The van der Waals surface area contributed by atoms with Crippen LogP contribution in [-0.4, -0.2) is 35.4 Å². The predicted molar refractivity (Wildman–Crippen MR) is 94.8 cm³/mol. The summed E-state index contributed by atoms with van der Waals surface area (Å²) in [4.78, 5) is 30.4. The number of benzene rings is 2. The van der Waals surface area contributed by atoms with Crippen molar-refractivity contribution in [2.24, 2.45) is 4.99 Å². The van der Waals surface area contributed by atoms with E-state index >= 15 is 0 Å². The molecule has 0 aliphatic rings. The Morgan fingerprint density at radius 1 is 1.12 bits per heavy atom. The Morgan fingerprint density at radius 3 is 2.52 bits per heavy atom. The second-order valence-electron chi connectivity index (χ2n) is 5.62. The van der Waals surface area contributed by atoms with E-state index < -0.39 is 11.7 Å². The molecule has 0 N–H and O–H groups in total. The minimum absolute atomic E-state index is 0.0560. The third kappa shape index (κ3) is 3.51. The molecule has 0 saturated carbocycles. The van der Waals surface area contributed by atoms with Crippen molar-refractivity contribution in [3.8, 4) is 0 Å². The third-order valence-corrected chi connectivity index (χ3v) is 4.74. The van der Waals surface area contributed by atoms with Gasteiger partial charge in [-0.05, 0) is 24.3 Å². The SMILES string of the molecule is CN(C)C(=O)Cn1c(=NC(=O)c2ccccc2F)sc2ccccc21. The zero-order chi connectivity index (χ0) is 18.0. The Morgan fingerprint density at radius 2 is 1.80 bits per heavy atom. The van der Waals surface area contributed by atoms with Crippen LogP contribution in [0.3, 0.4) is 0 Å². The number of para-hydroxylation sites is 1. The van der Waals surface area contributed by atoms with Crippen LogP contribution in [0.2, 0.25) is 0 Å². The molecule has 1 aromatic heterocycles. The van der Waals surface area contributed by atoms with Crippen LogP contribution in [-0.2, 0) is 11.3 Å². The summed E-state index contributed by atoms with van der Waals surface area (Å²) in [5.74, 6) is -1.41. The van der Waals surface area contributed by atoms with Crippen molar-refractivity contribution >= 4 is 33.4 Å². The Balaban J connectivity index is 2.13. The monoisotopic (exact) mass is 357 g/mol. The number of hydrogen-bond acceptors (Lipinski definition) is 3. The maximum atomic E-state index is 13.8. The van der Waals surface area contributed by atoms with Gasteiger partial charge in [0.05, 0.1) is 15.8 Å². The molecular weight excluding hydrogens is 341 g/mol. The number of carbonyl (C=O) groups is 2. The largest absolute Gasteiger partial charge is 0.347 e. The normalized spacial score (nSPS) is 11.7. The van der Waals surface area contributed by atoms with Crippen molar-refractivity contribution in [1.82, 2.24) is 9.47 Å². The van der Waals surface area contributed by atoms with E-state index in [1.54, 1.807) is 24.7 Å². The zero-order valence-electron chi connectivity index (χ0n) is 13.8. The van der Waals surface area contributed by atoms with Crippen molar-refractivity contribution < 1.29 is 14.0 Å². The number of aromatic nitrogens is 1. The quantitative estimate of drug-likeness (QED) is 0.724. The zero-order valence-corrected chi connectivity index (χ0v) is 14.6. The topological polar surface area (TPSA) is 54.7 Å². The molecule has 25 heavy (non-hydrogen) atoms. The summed E-state index contributed by atoms with van der Waals surface area (Å²) in [7, 11) is 3.33. The molecule has 128 valence electrons. The molecule has 0 saturated heterocycles. The molecule has 0 aliphatic carbocycles. The molecule has 2 aromatic carbocycles. The van der Waals surface area contributed by atoms with Crippen LogP contribution >= 0.6 is 11.3 Å². The molecule has 0 fully saturated rings. The summed E-state index contributed by atoms with van der Waals surface area (Å²) in [6, 6.07) is 13.2. The van der Waals surface area contributed by atoms with Crippen molar-refractivity contribution in [3.05, 3.63) is 64.7 Å². The fourth-order valence-corrected chi connectivity index (χ4v) is 3.35. The molecule has 0 aliphatic heterocycles. The lowest BCUT2D eigenvalue weighted by Crippen LogP contribution is -2.30. The highest BCUT2D eigenvalue weighted by Crippen LogP contribution is 2.17. The minimum Gasteiger partial charge on any atom is -0.347 e. The summed E-state index contributed by atoms with van der Waals surface area (Å²) >= 11 is 1.29. The van der Waals surface area contributed by atoms with E-state index in [0.29, 0.717) is 4.80 Å². The first kappa shape index (κ1) is 17.0. The maximum Gasteiger partial charge on any atom is 0.282 e. The Kier molecular flexibility index (Phi) is 4.76. The Hall–Kier alpha value is -2.80. The predicted octanol–water partition coefficient (Wildman–Crippen LogP) is 2.67. The van der Waals surface area contributed by atoms with Crippen LogP contribution in [0.4, 0.5) is 4.39 Å². The van der Waals surface area contributed by atoms with Crippen LogP contribution in [0.5, 0.6) is 0 Å². The summed E-state index contributed by atoms with van der Waals surface area (Å²) in [6.07, 6.45) is 0. The van der Waals surface area contributed by atoms with Gasteiger partial charge in [0.1, 0.15) is 12.4 Å². The highest BCUT2D eigenvalue weighted by Gasteiger charge is 2.14. The number of carbonyl (C=O) groups excluding carboxylic acids is 2. The Bertz CT molecular complexity index is 1020. The van der Waals surface area contributed by atoms with Gasteiger partial charge in [-0.3, -0.25) is 9.59 Å². The van der Waals surface area contributed by atoms with Gasteiger partial charge in [-0.1, -0.05) is 35.6 Å². The number of thiazole rings is 1. The van der Waals surface area contributed by atoms with Gasteiger partial charge < -0.3 is 9.47 Å². The first-order valence-corrected chi connectivity index (χ1v) is 8.41. The van der Waals surface area contributed by atoms with E-state index in [4.69, 9.17) is 0 Å². The first-order valence-electron chi connectivity index (χ1n) is 7.59. The van der Waals surface area contributed by atoms with Gasteiger partial charge in [0, 0.05) is 14.1 Å². The lowest BCUT2D eigenvalue weighted by atomic mass is 10.2. The second-order valence-corrected chi connectivity index (χ2v) is 6.63. The molecular formula is C18H16FN3O2S. The lowest BCUT2D eigenvalue weighted by molar-refractivity contribution is -0.129. The van der Waals surface area contributed by atoms with E-state index in [-0.39, 0.29) is 18.0 Å². The number of halogens is 1. The van der Waals surface area contributed by atoms with Crippen LogP contribution in [0, 0.1) is 5.82 Å². The second kappa shape index (κ2) is 6.98. The molecule has 0 radical (unpaired) electrons. The summed E-state index contributed by atoms with van der Waals surface area (Å²) < 4.78 is 16.4. The number of nitrogens with zero attached hydrogens (tertiary/aromatic N) is 3. The molecule has 0 spiro atoms. The highest BCUT2D eigenvalue weighted by atomic mass is 32.1. The molecule has 0 atom stereocenters. The molecule has 0 bridgehead atoms. The first-order chi connectivity index (χ1) is 12.0. The number of hydrogen-bond donors (Lipinski definition) is 0. The van der Waals surface area contributed by atoms with Gasteiger partial charge in [0.15, 0.2) is 4.80 Å². The van der Waals surface area contributed by atoms with Crippen molar-refractivity contribution in [2.75, 3.05) is 14.1 Å². The summed E-state index contributed by atoms with van der Waals surface area (Å²) in [6.45, 7) is 0.0560. The van der Waals surface area contributed by atoms with Crippen molar-refractivity contribution in [2.45, 2.75) is 6.54 Å². The standard InChI is InChI=1S/C18H16FN3O2S/c1-21(2)16(23)11-22-14-9-5-6-10-15(14)25-18(22)20-17(24)12-7-3-4-8-13(12)19/h3-10H,11H2,1-2H3. The van der Waals surface area contributed by atoms with E-state index in [1.807, 2.05) is 24.3 Å². The highest BCUT2D eigenvalue weighted by molar-refractivity contribution is 7.16. The molecule has 5 nitrogen and oxygen atoms in total. The van der Waals surface area contributed by atoms with E-state index in [9.17, 15) is 14.0 Å². The van der Waals surface area contributed by atoms with Gasteiger partial charge in [-0.2, -0.15) is 4.99 Å². The summed E-state index contributed by atoms with van der Waals surface area (Å²) in [5.41, 5.74) is 0.716. The van der Waals surface area contributed by atoms with Crippen LogP contribution in [0.25, 0.3) is 10.2 Å². The number of rotatable bonds is 3. The van der Waals surface area contributed by atoms with Gasteiger partial charge in [0.25, 0.3) is 5.91 Å². The molecule has 7 heteroatoms. The van der Waals surface area contributed by atoms with Crippen LogP contribution < -0.4 is 4.80 Å². The fourth-order valence-electron chi connectivity index (χ4n) is 2.32. The molecule has 3 rings (SSSR count). The average Bonchev–Trinajstić information content (AvgIpc) is 2.92. The minimum atomic E-state index is -0.671. The molecule has 1 heterocycles. The van der Waals surface area contributed by atoms with Crippen LogP contribution in [0.15, 0.2) is 53.5 Å². The van der Waals surface area contributed by atoms with E-state index in [0.717, 1.165) is 10.2 Å². The number of amides is 2. The van der Waals surface area contributed by atoms with Gasteiger partial charge in [-0.25, -0.2) is 4.39 Å². The molecule has 0 unspecified atom stereocenters. The molecule has 3 aromatic rings. The molecule has 2 amide bonds. The van der Waals surface area contributed by atoms with Crippen molar-refractivity contribution in [3.63, 3.8) is 0 Å². The van der Waals surface area contributed by atoms with Crippen LogP contribution in [0.1, 0.15) is 10.4 Å². The third-order valence-electron chi connectivity index (χ3n) is 3.68. The Labute approximate surface area is 147 Å². The maximum absolute atomic E-state index is 13.8. The van der Waals surface area contributed by atoms with E-state index in [2.05, 4.69) is 4.99 Å². The van der Waals surface area contributed by atoms with Gasteiger partial charge >= 0.3 is 0 Å². The number of fused-ring (bicyclic) bond motifs is 1. The fraction of sp³-hybridized carbons (Fsp3) is 0.167. The lowest BCUT2D eigenvalue weighted by Gasteiger charge is -2.11. The average molecular weight is 357 g/mol.